The number of sulfonamides is 1. The van der Waals surface area contributed by atoms with Crippen molar-refractivity contribution in [3.63, 3.8) is 0 Å². The van der Waals surface area contributed by atoms with Gasteiger partial charge in [-0.15, -0.1) is 11.3 Å². The minimum atomic E-state index is -3.39. The van der Waals surface area contributed by atoms with E-state index in [1.807, 2.05) is 13.0 Å². The van der Waals surface area contributed by atoms with Crippen molar-refractivity contribution < 1.29 is 8.42 Å². The van der Waals surface area contributed by atoms with Crippen LogP contribution in [-0.2, 0) is 16.4 Å². The second-order valence-electron chi connectivity index (χ2n) is 4.75. The summed E-state index contributed by atoms with van der Waals surface area (Å²) >= 11 is 1.34. The van der Waals surface area contributed by atoms with Crippen molar-refractivity contribution in [1.29, 1.82) is 0 Å². The van der Waals surface area contributed by atoms with Gasteiger partial charge in [0.25, 0.3) is 0 Å². The number of nitrogens with one attached hydrogen (secondary N) is 1. The maximum absolute atomic E-state index is 12.2. The van der Waals surface area contributed by atoms with Crippen LogP contribution < -0.4 is 10.5 Å². The third-order valence-electron chi connectivity index (χ3n) is 3.38. The maximum Gasteiger partial charge on any atom is 0.250 e. The Kier molecular flexibility index (Phi) is 4.42. The molecule has 6 heteroatoms. The van der Waals surface area contributed by atoms with Crippen LogP contribution in [0.5, 0.6) is 0 Å². The molecule has 2 atom stereocenters. The molecule has 1 aromatic heterocycles. The van der Waals surface area contributed by atoms with Gasteiger partial charge in [-0.05, 0) is 31.4 Å². The zero-order chi connectivity index (χ0) is 13.2. The molecule has 1 aromatic rings. The molecule has 1 fully saturated rings. The predicted octanol–water partition coefficient (Wildman–Crippen LogP) is 1.86. The lowest BCUT2D eigenvalue weighted by atomic mass is 9.92. The van der Waals surface area contributed by atoms with Gasteiger partial charge >= 0.3 is 0 Å². The van der Waals surface area contributed by atoms with Crippen LogP contribution in [0.2, 0.25) is 0 Å². The lowest BCUT2D eigenvalue weighted by Gasteiger charge is -2.28. The van der Waals surface area contributed by atoms with E-state index < -0.39 is 10.0 Å². The van der Waals surface area contributed by atoms with E-state index in [9.17, 15) is 8.42 Å². The van der Waals surface area contributed by atoms with E-state index in [0.717, 1.165) is 37.0 Å². The molecule has 3 N–H and O–H groups in total. The van der Waals surface area contributed by atoms with Crippen LogP contribution in [0.3, 0.4) is 0 Å². The zero-order valence-electron chi connectivity index (χ0n) is 10.6. The van der Waals surface area contributed by atoms with Crippen molar-refractivity contribution in [2.45, 2.75) is 55.3 Å². The highest BCUT2D eigenvalue weighted by molar-refractivity contribution is 7.91. The van der Waals surface area contributed by atoms with E-state index in [4.69, 9.17) is 5.73 Å². The van der Waals surface area contributed by atoms with Crippen molar-refractivity contribution in [1.82, 2.24) is 4.72 Å². The fourth-order valence-electron chi connectivity index (χ4n) is 2.26. The molecule has 0 bridgehead atoms. The van der Waals surface area contributed by atoms with Gasteiger partial charge < -0.3 is 5.73 Å². The first-order valence-corrected chi connectivity index (χ1v) is 8.69. The fourth-order valence-corrected chi connectivity index (χ4v) is 4.89. The summed E-state index contributed by atoms with van der Waals surface area (Å²) < 4.78 is 27.6. The van der Waals surface area contributed by atoms with Gasteiger partial charge in [-0.3, -0.25) is 0 Å². The Bertz CT molecular complexity index is 496. The number of nitrogens with two attached hydrogens (primary N) is 1. The highest BCUT2D eigenvalue weighted by Crippen LogP contribution is 2.24. The van der Waals surface area contributed by atoms with Crippen LogP contribution in [0.1, 0.15) is 37.5 Å². The molecule has 1 aliphatic carbocycles. The Morgan fingerprint density at radius 2 is 2.11 bits per heavy atom. The lowest BCUT2D eigenvalue weighted by molar-refractivity contribution is 0.361. The normalized spacial score (nSPS) is 25.2. The summed E-state index contributed by atoms with van der Waals surface area (Å²) in [5, 5.41) is 0. The SMILES string of the molecule is CCc1ccc(S(=O)(=O)NC2CCCCC2N)s1. The molecule has 2 unspecified atom stereocenters. The van der Waals surface area contributed by atoms with Crippen molar-refractivity contribution in [2.75, 3.05) is 0 Å². The highest BCUT2D eigenvalue weighted by Gasteiger charge is 2.27. The first-order valence-electron chi connectivity index (χ1n) is 6.39. The molecule has 1 heterocycles. The number of hydrogen-bond donors (Lipinski definition) is 2. The minimum absolute atomic E-state index is 0.0564. The van der Waals surface area contributed by atoms with Crippen LogP contribution in [0.25, 0.3) is 0 Å². The van der Waals surface area contributed by atoms with Crippen LogP contribution in [0, 0.1) is 0 Å². The van der Waals surface area contributed by atoms with E-state index in [-0.39, 0.29) is 12.1 Å². The van der Waals surface area contributed by atoms with Gasteiger partial charge in [0.15, 0.2) is 0 Å². The monoisotopic (exact) mass is 288 g/mol. The average Bonchev–Trinajstić information content (AvgIpc) is 2.81. The van der Waals surface area contributed by atoms with Gasteiger partial charge in [0.05, 0.1) is 0 Å². The molecule has 0 saturated heterocycles. The predicted molar refractivity (Wildman–Crippen MR) is 74.2 cm³/mol. The average molecular weight is 288 g/mol. The molecule has 2 rings (SSSR count). The summed E-state index contributed by atoms with van der Waals surface area (Å²) in [6.07, 6.45) is 4.75. The second-order valence-corrected chi connectivity index (χ2v) is 7.86. The molecule has 1 saturated carbocycles. The highest BCUT2D eigenvalue weighted by atomic mass is 32.2. The van der Waals surface area contributed by atoms with Gasteiger partial charge in [-0.25, -0.2) is 13.1 Å². The van der Waals surface area contributed by atoms with E-state index in [2.05, 4.69) is 4.72 Å². The molecule has 0 aromatic carbocycles. The van der Waals surface area contributed by atoms with Gasteiger partial charge in [-0.1, -0.05) is 19.8 Å². The van der Waals surface area contributed by atoms with Gasteiger partial charge in [0.1, 0.15) is 4.21 Å². The van der Waals surface area contributed by atoms with Gasteiger partial charge in [0.2, 0.25) is 10.0 Å². The molecule has 0 amide bonds. The standard InChI is InChI=1S/C12H20N2O2S2/c1-2-9-7-8-12(17-9)18(15,16)14-11-6-4-3-5-10(11)13/h7-8,10-11,14H,2-6,13H2,1H3. The van der Waals surface area contributed by atoms with Crippen LogP contribution in [0.4, 0.5) is 0 Å². The van der Waals surface area contributed by atoms with E-state index >= 15 is 0 Å². The molecule has 0 radical (unpaired) electrons. The first kappa shape index (κ1) is 14.0. The Morgan fingerprint density at radius 1 is 1.39 bits per heavy atom. The topological polar surface area (TPSA) is 72.2 Å². The third-order valence-corrected chi connectivity index (χ3v) is 6.59. The Balaban J connectivity index is 2.11. The Hall–Kier alpha value is -0.430. The molecule has 0 aliphatic heterocycles. The van der Waals surface area contributed by atoms with E-state index in [1.165, 1.54) is 11.3 Å². The summed E-state index contributed by atoms with van der Waals surface area (Å²) in [7, 11) is -3.39. The van der Waals surface area contributed by atoms with Crippen LogP contribution in [0.15, 0.2) is 16.3 Å². The summed E-state index contributed by atoms with van der Waals surface area (Å²) in [6.45, 7) is 2.02. The van der Waals surface area contributed by atoms with Crippen LogP contribution in [-0.4, -0.2) is 20.5 Å². The number of thiophene rings is 1. The maximum atomic E-state index is 12.2. The van der Waals surface area contributed by atoms with Crippen molar-refractivity contribution >= 4 is 21.4 Å². The molecule has 4 nitrogen and oxygen atoms in total. The smallest absolute Gasteiger partial charge is 0.250 e. The fraction of sp³-hybridized carbons (Fsp3) is 0.667. The Morgan fingerprint density at radius 3 is 2.72 bits per heavy atom. The molecule has 18 heavy (non-hydrogen) atoms. The zero-order valence-corrected chi connectivity index (χ0v) is 12.2. The largest absolute Gasteiger partial charge is 0.326 e. The third kappa shape index (κ3) is 3.12. The van der Waals surface area contributed by atoms with Crippen molar-refractivity contribution in [3.8, 4) is 0 Å². The summed E-state index contributed by atoms with van der Waals surface area (Å²) in [5.41, 5.74) is 5.97. The van der Waals surface area contributed by atoms with E-state index in [1.54, 1.807) is 6.07 Å². The number of rotatable bonds is 4. The van der Waals surface area contributed by atoms with Crippen molar-refractivity contribution in [3.05, 3.63) is 17.0 Å². The summed E-state index contributed by atoms with van der Waals surface area (Å²) in [5.74, 6) is 0. The molecule has 0 spiro atoms. The minimum Gasteiger partial charge on any atom is -0.326 e. The second kappa shape index (κ2) is 5.69. The number of hydrogen-bond acceptors (Lipinski definition) is 4. The first-order chi connectivity index (χ1) is 8.53. The van der Waals surface area contributed by atoms with Gasteiger partial charge in [-0.2, -0.15) is 0 Å². The Labute approximate surface area is 113 Å². The molecular formula is C12H20N2O2S2. The molecule has 1 aliphatic rings. The summed E-state index contributed by atoms with van der Waals surface area (Å²) in [6, 6.07) is 3.38. The molecular weight excluding hydrogens is 268 g/mol. The van der Waals surface area contributed by atoms with Crippen molar-refractivity contribution in [2.24, 2.45) is 5.73 Å². The quantitative estimate of drug-likeness (QED) is 0.888. The van der Waals surface area contributed by atoms with E-state index in [0.29, 0.717) is 4.21 Å². The molecule has 102 valence electrons. The van der Waals surface area contributed by atoms with Crippen LogP contribution >= 0.6 is 11.3 Å². The lowest BCUT2D eigenvalue weighted by Crippen LogP contribution is -2.49. The summed E-state index contributed by atoms with van der Waals surface area (Å²) in [4.78, 5) is 1.09. The number of aryl methyl sites for hydroxylation is 1. The van der Waals surface area contributed by atoms with Gasteiger partial charge in [0, 0.05) is 17.0 Å².